The first-order valence-electron chi connectivity index (χ1n) is 6.80. The summed E-state index contributed by atoms with van der Waals surface area (Å²) in [5, 5.41) is 0. The third kappa shape index (κ3) is 11.0. The van der Waals surface area contributed by atoms with Gasteiger partial charge in [-0.1, -0.05) is 0 Å². The number of phosphoric acid groups is 1. The van der Waals surface area contributed by atoms with Crippen LogP contribution in [0.5, 0.6) is 5.88 Å². The van der Waals surface area contributed by atoms with Crippen molar-refractivity contribution in [1.82, 2.24) is 9.97 Å². The Balaban J connectivity index is 0.000000922. The van der Waals surface area contributed by atoms with Crippen LogP contribution in [0.25, 0.3) is 0 Å². The minimum absolute atomic E-state index is 0.376. The normalized spacial score (nSPS) is 11.5. The standard InChI is InChI=1S/C11H20N3O3PS.H3O4P/c1-6-15-18(19,16-7-2)17-10-8-9(3)12-11(13-10)14(4)5;1-5(2,3)4/h8H,6-7H2,1-5H3;(H3,1,2,3,4). The zero-order valence-corrected chi connectivity index (χ0v) is 16.7. The maximum absolute atomic E-state index is 8.88. The molecule has 0 spiro atoms. The van der Waals surface area contributed by atoms with Crippen LogP contribution in [0, 0.1) is 6.92 Å². The second kappa shape index (κ2) is 10.4. The van der Waals surface area contributed by atoms with Gasteiger partial charge in [0, 0.05) is 37.7 Å². The van der Waals surface area contributed by atoms with Crippen LogP contribution in [-0.4, -0.2) is 52.0 Å². The van der Waals surface area contributed by atoms with E-state index in [4.69, 9.17) is 44.6 Å². The van der Waals surface area contributed by atoms with Crippen molar-refractivity contribution in [2.45, 2.75) is 20.8 Å². The van der Waals surface area contributed by atoms with Crippen LogP contribution < -0.4 is 9.42 Å². The molecule has 1 aromatic rings. The molecule has 0 radical (unpaired) electrons. The Hall–Kier alpha value is -0.640. The number of nitrogens with zero attached hydrogens (tertiary/aromatic N) is 3. The number of hydrogen-bond donors (Lipinski definition) is 3. The molecule has 0 bridgehead atoms. The largest absolute Gasteiger partial charge is 0.466 e. The summed E-state index contributed by atoms with van der Waals surface area (Å²) in [6.45, 7) is 3.64. The molecule has 0 aromatic carbocycles. The van der Waals surface area contributed by atoms with Crippen LogP contribution in [0.2, 0.25) is 0 Å². The molecular weight excluding hydrogens is 380 g/mol. The molecule has 1 rings (SSSR count). The first kappa shape index (κ1) is 23.4. The maximum atomic E-state index is 8.88. The van der Waals surface area contributed by atoms with Crippen LogP contribution in [-0.2, 0) is 25.4 Å². The predicted molar refractivity (Wildman–Crippen MR) is 93.5 cm³/mol. The number of hydrogen-bond acceptors (Lipinski definition) is 8. The molecule has 1 heterocycles. The minimum atomic E-state index is -4.64. The van der Waals surface area contributed by atoms with Gasteiger partial charge in [-0.15, -0.1) is 0 Å². The number of aryl methyl sites for hydroxylation is 1. The zero-order valence-electron chi connectivity index (χ0n) is 14.1. The lowest BCUT2D eigenvalue weighted by molar-refractivity contribution is 0.216. The van der Waals surface area contributed by atoms with Crippen LogP contribution in [0.3, 0.4) is 0 Å². The highest BCUT2D eigenvalue weighted by molar-refractivity contribution is 8.07. The van der Waals surface area contributed by atoms with E-state index in [1.54, 1.807) is 11.0 Å². The fourth-order valence-electron chi connectivity index (χ4n) is 1.29. The monoisotopic (exact) mass is 403 g/mol. The van der Waals surface area contributed by atoms with Gasteiger partial charge in [0.05, 0.1) is 13.2 Å². The Labute approximate surface area is 146 Å². The van der Waals surface area contributed by atoms with Crippen LogP contribution in [0.1, 0.15) is 19.5 Å². The lowest BCUT2D eigenvalue weighted by Gasteiger charge is -2.21. The molecule has 0 saturated heterocycles. The molecule has 0 fully saturated rings. The second-order valence-electron chi connectivity index (χ2n) is 4.43. The van der Waals surface area contributed by atoms with Gasteiger partial charge < -0.3 is 24.1 Å². The highest BCUT2D eigenvalue weighted by Crippen LogP contribution is 2.49. The Morgan fingerprint density at radius 3 is 2.00 bits per heavy atom. The van der Waals surface area contributed by atoms with Crippen molar-refractivity contribution in [3.8, 4) is 5.88 Å². The van der Waals surface area contributed by atoms with Gasteiger partial charge in [0.1, 0.15) is 0 Å². The highest BCUT2D eigenvalue weighted by Gasteiger charge is 2.22. The van der Waals surface area contributed by atoms with Crippen molar-refractivity contribution in [2.75, 3.05) is 32.2 Å². The van der Waals surface area contributed by atoms with Gasteiger partial charge in [-0.3, -0.25) is 9.05 Å². The van der Waals surface area contributed by atoms with Crippen LogP contribution in [0.4, 0.5) is 5.95 Å². The predicted octanol–water partition coefficient (Wildman–Crippen LogP) is 1.60. The average Bonchev–Trinajstić information content (AvgIpc) is 2.35. The van der Waals surface area contributed by atoms with E-state index in [2.05, 4.69) is 9.97 Å². The van der Waals surface area contributed by atoms with Crippen molar-refractivity contribution in [1.29, 1.82) is 0 Å². The topological polar surface area (TPSA) is 134 Å². The molecule has 0 aliphatic carbocycles. The Morgan fingerprint density at radius 2 is 1.62 bits per heavy atom. The van der Waals surface area contributed by atoms with E-state index in [1.807, 2.05) is 34.9 Å². The summed E-state index contributed by atoms with van der Waals surface area (Å²) < 4.78 is 25.4. The SMILES string of the molecule is CCOP(=S)(OCC)Oc1cc(C)nc(N(C)C)n1.O=P(O)(O)O. The summed E-state index contributed by atoms with van der Waals surface area (Å²) in [5.74, 6) is 0.936. The van der Waals surface area contributed by atoms with E-state index in [0.29, 0.717) is 25.0 Å². The maximum Gasteiger partial charge on any atom is 0.466 e. The van der Waals surface area contributed by atoms with Gasteiger partial charge in [-0.25, -0.2) is 9.55 Å². The molecule has 24 heavy (non-hydrogen) atoms. The molecule has 140 valence electrons. The van der Waals surface area contributed by atoms with Gasteiger partial charge in [0.15, 0.2) is 0 Å². The Morgan fingerprint density at radius 1 is 1.17 bits per heavy atom. The van der Waals surface area contributed by atoms with E-state index in [9.17, 15) is 0 Å². The lowest BCUT2D eigenvalue weighted by Crippen LogP contribution is -2.14. The molecule has 3 N–H and O–H groups in total. The number of rotatable bonds is 7. The third-order valence-electron chi connectivity index (χ3n) is 2.00. The summed E-state index contributed by atoms with van der Waals surface area (Å²) in [6, 6.07) is 1.71. The van der Waals surface area contributed by atoms with E-state index in [1.165, 1.54) is 0 Å². The van der Waals surface area contributed by atoms with Crippen molar-refractivity contribution in [3.63, 3.8) is 0 Å². The zero-order chi connectivity index (χ0) is 19.0. The van der Waals surface area contributed by atoms with Gasteiger partial charge in [0.2, 0.25) is 11.8 Å². The molecule has 0 saturated carbocycles. The fraction of sp³-hybridized carbons (Fsp3) is 0.636. The van der Waals surface area contributed by atoms with Crippen LogP contribution in [0.15, 0.2) is 6.07 Å². The Bertz CT molecular complexity index is 593. The second-order valence-corrected chi connectivity index (χ2v) is 8.39. The first-order valence-corrected chi connectivity index (χ1v) is 10.9. The molecule has 0 amide bonds. The van der Waals surface area contributed by atoms with E-state index in [-0.39, 0.29) is 0 Å². The molecule has 0 aliphatic heterocycles. The summed E-state index contributed by atoms with van der Waals surface area (Å²) in [4.78, 5) is 31.9. The molecular formula is C11H23N3O7P2S. The van der Waals surface area contributed by atoms with Crippen LogP contribution >= 0.6 is 14.5 Å². The third-order valence-corrected chi connectivity index (χ3v) is 4.41. The van der Waals surface area contributed by atoms with Gasteiger partial charge >= 0.3 is 14.5 Å². The summed E-state index contributed by atoms with van der Waals surface area (Å²) >= 11 is 5.30. The minimum Gasteiger partial charge on any atom is -0.405 e. The molecule has 13 heteroatoms. The molecule has 1 aromatic heterocycles. The molecule has 0 unspecified atom stereocenters. The summed E-state index contributed by atoms with van der Waals surface area (Å²) in [7, 11) is -0.917. The summed E-state index contributed by atoms with van der Waals surface area (Å²) in [6.07, 6.45) is 0. The lowest BCUT2D eigenvalue weighted by atomic mass is 10.4. The van der Waals surface area contributed by atoms with Crippen molar-refractivity contribution >= 4 is 32.3 Å². The summed E-state index contributed by atoms with van der Waals surface area (Å²) in [5.41, 5.74) is 0.795. The highest BCUT2D eigenvalue weighted by atomic mass is 32.5. The van der Waals surface area contributed by atoms with Gasteiger partial charge in [-0.2, -0.15) is 4.98 Å². The van der Waals surface area contributed by atoms with E-state index in [0.717, 1.165) is 5.69 Å². The van der Waals surface area contributed by atoms with E-state index < -0.39 is 14.5 Å². The molecule has 0 atom stereocenters. The van der Waals surface area contributed by atoms with Gasteiger partial charge in [-0.05, 0) is 20.8 Å². The quantitative estimate of drug-likeness (QED) is 0.573. The average molecular weight is 403 g/mol. The van der Waals surface area contributed by atoms with E-state index >= 15 is 0 Å². The van der Waals surface area contributed by atoms with Crippen molar-refractivity contribution in [2.24, 2.45) is 0 Å². The van der Waals surface area contributed by atoms with Crippen molar-refractivity contribution in [3.05, 3.63) is 11.8 Å². The smallest absolute Gasteiger partial charge is 0.405 e. The van der Waals surface area contributed by atoms with Gasteiger partial charge in [0.25, 0.3) is 0 Å². The number of aromatic nitrogens is 2. The van der Waals surface area contributed by atoms with Crippen molar-refractivity contribution < 1.29 is 32.8 Å². The number of anilines is 1. The molecule has 0 aliphatic rings. The fourth-order valence-corrected chi connectivity index (χ4v) is 3.29. The first-order chi connectivity index (χ1) is 10.9. The Kier molecular flexibility index (Phi) is 10.1. The molecule has 10 nitrogen and oxygen atoms in total.